The number of hydrogen-bond acceptors (Lipinski definition) is 5. The third kappa shape index (κ3) is 4.77. The number of ether oxygens (including phenoxy) is 2. The van der Waals surface area contributed by atoms with Gasteiger partial charge in [0.05, 0.1) is 19.8 Å². The van der Waals surface area contributed by atoms with Crippen LogP contribution < -0.4 is 9.47 Å². The Morgan fingerprint density at radius 1 is 1.03 bits per heavy atom. The van der Waals surface area contributed by atoms with Gasteiger partial charge in [-0.1, -0.05) is 61.9 Å². The Balaban J connectivity index is 1.57. The van der Waals surface area contributed by atoms with Gasteiger partial charge in [-0.25, -0.2) is 0 Å². The Hall–Kier alpha value is -4.26. The minimum absolute atomic E-state index is 0.114. The minimum atomic E-state index is -0.404. The van der Waals surface area contributed by atoms with Gasteiger partial charge in [0.1, 0.15) is 17.1 Å². The fraction of sp³-hybridized carbons (Fsp3) is 0.267. The lowest BCUT2D eigenvalue weighted by Gasteiger charge is -2.27. The molecule has 7 nitrogen and oxygen atoms in total. The van der Waals surface area contributed by atoms with Gasteiger partial charge >= 0.3 is 0 Å². The van der Waals surface area contributed by atoms with E-state index < -0.39 is 6.04 Å². The number of fused-ring (bicyclic) bond motifs is 1. The standard InChI is InChI=1S/C30H31N3O4/c1-3-4-18-37-24-15-14-21(19-25(24)36-2)29-26-27(22-12-8-9-13-23(22)34)31-32-28(26)30(35)33(29)17-16-20-10-6-5-7-11-20/h5-15,19,29,34H,3-4,16-18H2,1-2H3,(H,31,32). The zero-order chi connectivity index (χ0) is 25.8. The number of hydrogen-bond donors (Lipinski definition) is 2. The molecule has 2 heterocycles. The first-order valence-corrected chi connectivity index (χ1v) is 12.6. The SMILES string of the molecule is CCCCOc1ccc(C2c3c(-c4ccccc4O)n[nH]c3C(=O)N2CCc2ccccc2)cc1OC. The second-order valence-electron chi connectivity index (χ2n) is 9.13. The average Bonchev–Trinajstić information content (AvgIpc) is 3.47. The molecule has 0 saturated carbocycles. The van der Waals surface area contributed by atoms with Crippen LogP contribution in [0, 0.1) is 0 Å². The number of nitrogens with one attached hydrogen (secondary N) is 1. The molecule has 0 radical (unpaired) electrons. The number of aromatic amines is 1. The van der Waals surface area contributed by atoms with Crippen LogP contribution >= 0.6 is 0 Å². The fourth-order valence-corrected chi connectivity index (χ4v) is 4.85. The Morgan fingerprint density at radius 3 is 2.57 bits per heavy atom. The van der Waals surface area contributed by atoms with Gasteiger partial charge in [0.25, 0.3) is 5.91 Å². The molecule has 2 N–H and O–H groups in total. The summed E-state index contributed by atoms with van der Waals surface area (Å²) >= 11 is 0. The number of H-pyrrole nitrogens is 1. The Bertz CT molecular complexity index is 1380. The minimum Gasteiger partial charge on any atom is -0.507 e. The van der Waals surface area contributed by atoms with Crippen LogP contribution in [-0.2, 0) is 6.42 Å². The number of rotatable bonds is 10. The summed E-state index contributed by atoms with van der Waals surface area (Å²) in [5.74, 6) is 1.29. The van der Waals surface area contributed by atoms with Gasteiger partial charge in [0.2, 0.25) is 0 Å². The second kappa shape index (κ2) is 10.8. The molecule has 37 heavy (non-hydrogen) atoms. The van der Waals surface area contributed by atoms with Crippen LogP contribution in [0.25, 0.3) is 11.3 Å². The van der Waals surface area contributed by atoms with Crippen molar-refractivity contribution in [3.8, 4) is 28.5 Å². The molecule has 190 valence electrons. The third-order valence-corrected chi connectivity index (χ3v) is 6.77. The van der Waals surface area contributed by atoms with Crippen molar-refractivity contribution in [1.29, 1.82) is 0 Å². The van der Waals surface area contributed by atoms with E-state index >= 15 is 0 Å². The summed E-state index contributed by atoms with van der Waals surface area (Å²) in [5, 5.41) is 18.0. The number of methoxy groups -OCH3 is 1. The predicted molar refractivity (Wildman–Crippen MR) is 142 cm³/mol. The number of benzene rings is 3. The van der Waals surface area contributed by atoms with Crippen molar-refractivity contribution in [3.63, 3.8) is 0 Å². The summed E-state index contributed by atoms with van der Waals surface area (Å²) in [6, 6.07) is 22.6. The van der Waals surface area contributed by atoms with Gasteiger partial charge in [-0.3, -0.25) is 9.89 Å². The van der Waals surface area contributed by atoms with Crippen LogP contribution in [0.3, 0.4) is 0 Å². The largest absolute Gasteiger partial charge is 0.507 e. The van der Waals surface area contributed by atoms with Crippen LogP contribution in [0.2, 0.25) is 0 Å². The highest BCUT2D eigenvalue weighted by atomic mass is 16.5. The molecule has 0 fully saturated rings. The molecular formula is C30H31N3O4. The van der Waals surface area contributed by atoms with E-state index in [1.807, 2.05) is 53.4 Å². The highest BCUT2D eigenvalue weighted by Gasteiger charge is 2.42. The summed E-state index contributed by atoms with van der Waals surface area (Å²) in [7, 11) is 1.62. The molecule has 4 aromatic rings. The molecule has 1 aromatic heterocycles. The topological polar surface area (TPSA) is 87.7 Å². The van der Waals surface area contributed by atoms with E-state index in [0.29, 0.717) is 48.0 Å². The first-order valence-electron chi connectivity index (χ1n) is 12.6. The van der Waals surface area contributed by atoms with Gasteiger partial charge < -0.3 is 19.5 Å². The van der Waals surface area contributed by atoms with E-state index in [4.69, 9.17) is 9.47 Å². The number of nitrogens with zero attached hydrogens (tertiary/aromatic N) is 2. The number of phenols is 1. The maximum Gasteiger partial charge on any atom is 0.273 e. The molecule has 1 aliphatic heterocycles. The predicted octanol–water partition coefficient (Wildman–Crippen LogP) is 5.76. The van der Waals surface area contributed by atoms with Gasteiger partial charge in [-0.15, -0.1) is 0 Å². The van der Waals surface area contributed by atoms with Gasteiger partial charge in [0.15, 0.2) is 11.5 Å². The van der Waals surface area contributed by atoms with Gasteiger partial charge in [0, 0.05) is 17.7 Å². The molecule has 7 heteroatoms. The number of unbranched alkanes of at least 4 members (excludes halogenated alkanes) is 1. The number of carbonyl (C=O) groups excluding carboxylic acids is 1. The Labute approximate surface area is 216 Å². The molecule has 1 atom stereocenters. The zero-order valence-corrected chi connectivity index (χ0v) is 21.1. The molecule has 0 saturated heterocycles. The highest BCUT2D eigenvalue weighted by molar-refractivity contribution is 6.00. The van der Waals surface area contributed by atoms with Crippen LogP contribution in [0.5, 0.6) is 17.2 Å². The molecule has 3 aromatic carbocycles. The van der Waals surface area contributed by atoms with E-state index in [1.165, 1.54) is 0 Å². The van der Waals surface area contributed by atoms with Crippen LogP contribution in [-0.4, -0.2) is 46.4 Å². The molecule has 1 unspecified atom stereocenters. The van der Waals surface area contributed by atoms with E-state index in [2.05, 4.69) is 29.3 Å². The molecule has 0 spiro atoms. The van der Waals surface area contributed by atoms with E-state index in [1.54, 1.807) is 19.2 Å². The quantitative estimate of drug-likeness (QED) is 0.272. The van der Waals surface area contributed by atoms with Crippen LogP contribution in [0.15, 0.2) is 72.8 Å². The second-order valence-corrected chi connectivity index (χ2v) is 9.13. The van der Waals surface area contributed by atoms with Gasteiger partial charge in [-0.05, 0) is 48.2 Å². The van der Waals surface area contributed by atoms with Crippen molar-refractivity contribution < 1.29 is 19.4 Å². The molecule has 1 amide bonds. The fourth-order valence-electron chi connectivity index (χ4n) is 4.85. The van der Waals surface area contributed by atoms with Crippen molar-refractivity contribution in [1.82, 2.24) is 15.1 Å². The van der Waals surface area contributed by atoms with Crippen molar-refractivity contribution in [2.24, 2.45) is 0 Å². The molecule has 0 aliphatic carbocycles. The van der Waals surface area contributed by atoms with Crippen LogP contribution in [0.1, 0.15) is 53.0 Å². The normalized spacial score (nSPS) is 14.6. The van der Waals surface area contributed by atoms with Crippen LogP contribution in [0.4, 0.5) is 0 Å². The molecule has 0 bridgehead atoms. The zero-order valence-electron chi connectivity index (χ0n) is 21.1. The number of carbonyl (C=O) groups is 1. The summed E-state index contributed by atoms with van der Waals surface area (Å²) in [6.07, 6.45) is 2.71. The smallest absolute Gasteiger partial charge is 0.273 e. The summed E-state index contributed by atoms with van der Waals surface area (Å²) in [5.41, 5.74) is 4.38. The number of amides is 1. The molecular weight excluding hydrogens is 466 g/mol. The summed E-state index contributed by atoms with van der Waals surface area (Å²) in [6.45, 7) is 3.25. The lowest BCUT2D eigenvalue weighted by atomic mass is 9.95. The maximum absolute atomic E-state index is 13.7. The number of aromatic nitrogens is 2. The van der Waals surface area contributed by atoms with Crippen molar-refractivity contribution in [3.05, 3.63) is 95.2 Å². The third-order valence-electron chi connectivity index (χ3n) is 6.77. The monoisotopic (exact) mass is 497 g/mol. The van der Waals surface area contributed by atoms with E-state index in [-0.39, 0.29) is 11.7 Å². The molecule has 5 rings (SSSR count). The van der Waals surface area contributed by atoms with E-state index in [0.717, 1.165) is 29.5 Å². The first kappa shape index (κ1) is 24.4. The van der Waals surface area contributed by atoms with Crippen molar-refractivity contribution >= 4 is 5.91 Å². The van der Waals surface area contributed by atoms with Crippen molar-refractivity contribution in [2.75, 3.05) is 20.3 Å². The van der Waals surface area contributed by atoms with Crippen molar-refractivity contribution in [2.45, 2.75) is 32.2 Å². The number of para-hydroxylation sites is 1. The van der Waals surface area contributed by atoms with E-state index in [9.17, 15) is 9.90 Å². The lowest BCUT2D eigenvalue weighted by molar-refractivity contribution is 0.0745. The first-order chi connectivity index (χ1) is 18.1. The maximum atomic E-state index is 13.7. The Kier molecular flexibility index (Phi) is 7.12. The van der Waals surface area contributed by atoms with Gasteiger partial charge in [-0.2, -0.15) is 5.10 Å². The Morgan fingerprint density at radius 2 is 1.81 bits per heavy atom. The number of phenolic OH excluding ortho intramolecular Hbond substituents is 1. The summed E-state index contributed by atoms with van der Waals surface area (Å²) in [4.78, 5) is 15.5. The summed E-state index contributed by atoms with van der Waals surface area (Å²) < 4.78 is 11.6. The molecule has 1 aliphatic rings. The average molecular weight is 498 g/mol. The number of aromatic hydroxyl groups is 1. The lowest BCUT2D eigenvalue weighted by Crippen LogP contribution is -2.31. The highest BCUT2D eigenvalue weighted by Crippen LogP contribution is 2.45.